The first-order valence-corrected chi connectivity index (χ1v) is 7.27. The second-order valence-electron chi connectivity index (χ2n) is 5.36. The number of benzene rings is 1. The number of nitrogens with one attached hydrogen (secondary N) is 2. The lowest BCUT2D eigenvalue weighted by atomic mass is 9.88. The molecule has 3 rings (SSSR count). The highest BCUT2D eigenvalue weighted by Crippen LogP contribution is 2.28. The van der Waals surface area contributed by atoms with Gasteiger partial charge in [-0.3, -0.25) is 9.78 Å². The Morgan fingerprint density at radius 2 is 1.78 bits per heavy atom. The molecule has 0 unspecified atom stereocenters. The van der Waals surface area contributed by atoms with Crippen LogP contribution in [0.2, 0.25) is 0 Å². The van der Waals surface area contributed by atoms with Gasteiger partial charge in [0.05, 0.1) is 5.92 Å². The van der Waals surface area contributed by atoms with Crippen LogP contribution in [0.15, 0.2) is 54.9 Å². The molecule has 23 heavy (non-hydrogen) atoms. The van der Waals surface area contributed by atoms with Crippen LogP contribution in [0.1, 0.15) is 17.0 Å². The molecule has 1 aromatic heterocycles. The Morgan fingerprint density at radius 3 is 2.48 bits per heavy atom. The zero-order chi connectivity index (χ0) is 14.5. The highest BCUT2D eigenvalue weighted by atomic mass is 35.5. The van der Waals surface area contributed by atoms with Crippen LogP contribution < -0.4 is 10.6 Å². The largest absolute Gasteiger partial charge is 0.352 e. The lowest BCUT2D eigenvalue weighted by Gasteiger charge is -2.18. The summed E-state index contributed by atoms with van der Waals surface area (Å²) in [6.45, 7) is 2.15. The van der Waals surface area contributed by atoms with Crippen LogP contribution in [0.4, 0.5) is 0 Å². The molecule has 6 heteroatoms. The molecule has 1 fully saturated rings. The van der Waals surface area contributed by atoms with Crippen LogP contribution in [0.25, 0.3) is 0 Å². The van der Waals surface area contributed by atoms with E-state index in [-0.39, 0.29) is 42.6 Å². The molecule has 1 saturated heterocycles. The van der Waals surface area contributed by atoms with Gasteiger partial charge in [-0.25, -0.2) is 0 Å². The molecule has 2 N–H and O–H groups in total. The fourth-order valence-electron chi connectivity index (χ4n) is 2.83. The molecule has 2 heterocycles. The molecule has 1 aliphatic rings. The molecule has 0 saturated carbocycles. The van der Waals surface area contributed by atoms with Crippen molar-refractivity contribution in [3.8, 4) is 0 Å². The van der Waals surface area contributed by atoms with Gasteiger partial charge in [0.25, 0.3) is 0 Å². The van der Waals surface area contributed by atoms with E-state index in [0.29, 0.717) is 6.54 Å². The minimum absolute atomic E-state index is 0. The van der Waals surface area contributed by atoms with E-state index >= 15 is 0 Å². The van der Waals surface area contributed by atoms with Gasteiger partial charge in [0.15, 0.2) is 0 Å². The fraction of sp³-hybridized carbons (Fsp3) is 0.294. The number of pyridine rings is 1. The van der Waals surface area contributed by atoms with Crippen molar-refractivity contribution in [3.63, 3.8) is 0 Å². The summed E-state index contributed by atoms with van der Waals surface area (Å²) >= 11 is 0. The van der Waals surface area contributed by atoms with Crippen molar-refractivity contribution in [1.29, 1.82) is 0 Å². The van der Waals surface area contributed by atoms with Gasteiger partial charge in [0.2, 0.25) is 5.91 Å². The molecule has 1 aliphatic heterocycles. The van der Waals surface area contributed by atoms with E-state index < -0.39 is 0 Å². The summed E-state index contributed by atoms with van der Waals surface area (Å²) in [5, 5.41) is 6.36. The number of hydrogen-bond acceptors (Lipinski definition) is 3. The summed E-state index contributed by atoms with van der Waals surface area (Å²) in [6, 6.07) is 14.1. The Kier molecular flexibility index (Phi) is 8.03. The predicted molar refractivity (Wildman–Crippen MR) is 96.1 cm³/mol. The molecule has 1 aromatic carbocycles. The second kappa shape index (κ2) is 9.50. The van der Waals surface area contributed by atoms with Crippen molar-refractivity contribution in [2.45, 2.75) is 12.5 Å². The van der Waals surface area contributed by atoms with Gasteiger partial charge >= 0.3 is 0 Å². The van der Waals surface area contributed by atoms with Gasteiger partial charge in [-0.1, -0.05) is 30.3 Å². The Balaban J connectivity index is 0.00000132. The minimum Gasteiger partial charge on any atom is -0.352 e. The van der Waals surface area contributed by atoms with Crippen molar-refractivity contribution in [1.82, 2.24) is 15.6 Å². The lowest BCUT2D eigenvalue weighted by Crippen LogP contribution is -2.34. The smallest absolute Gasteiger partial charge is 0.225 e. The van der Waals surface area contributed by atoms with E-state index in [1.54, 1.807) is 12.4 Å². The Labute approximate surface area is 148 Å². The third-order valence-electron chi connectivity index (χ3n) is 3.99. The number of halogens is 2. The third kappa shape index (κ3) is 4.93. The van der Waals surface area contributed by atoms with E-state index in [2.05, 4.69) is 27.8 Å². The molecule has 2 aromatic rings. The maximum atomic E-state index is 12.4. The van der Waals surface area contributed by atoms with Gasteiger partial charge < -0.3 is 10.6 Å². The lowest BCUT2D eigenvalue weighted by molar-refractivity contribution is -0.125. The number of aromatic nitrogens is 1. The molecule has 1 amide bonds. The maximum absolute atomic E-state index is 12.4. The van der Waals surface area contributed by atoms with Crippen LogP contribution in [-0.4, -0.2) is 24.0 Å². The Morgan fingerprint density at radius 1 is 1.09 bits per heavy atom. The predicted octanol–water partition coefficient (Wildman–Crippen LogP) is 2.54. The molecular weight excluding hydrogens is 333 g/mol. The quantitative estimate of drug-likeness (QED) is 0.887. The van der Waals surface area contributed by atoms with E-state index in [9.17, 15) is 4.79 Å². The van der Waals surface area contributed by atoms with Crippen molar-refractivity contribution >= 4 is 30.7 Å². The van der Waals surface area contributed by atoms with Gasteiger partial charge in [-0.15, -0.1) is 24.8 Å². The maximum Gasteiger partial charge on any atom is 0.225 e. The van der Waals surface area contributed by atoms with Crippen LogP contribution >= 0.6 is 24.8 Å². The van der Waals surface area contributed by atoms with Crippen LogP contribution in [0.5, 0.6) is 0 Å². The number of nitrogens with zero attached hydrogens (tertiary/aromatic N) is 1. The van der Waals surface area contributed by atoms with Gasteiger partial charge in [-0.05, 0) is 23.3 Å². The zero-order valence-electron chi connectivity index (χ0n) is 12.6. The van der Waals surface area contributed by atoms with Crippen LogP contribution in [-0.2, 0) is 11.3 Å². The van der Waals surface area contributed by atoms with E-state index in [4.69, 9.17) is 0 Å². The van der Waals surface area contributed by atoms with Gasteiger partial charge in [0.1, 0.15) is 0 Å². The van der Waals surface area contributed by atoms with Crippen LogP contribution in [0, 0.1) is 5.92 Å². The topological polar surface area (TPSA) is 54.0 Å². The first-order chi connectivity index (χ1) is 10.3. The monoisotopic (exact) mass is 353 g/mol. The molecule has 0 aliphatic carbocycles. The average Bonchev–Trinajstić information content (AvgIpc) is 3.04. The molecular formula is C17H21Cl2N3O. The summed E-state index contributed by atoms with van der Waals surface area (Å²) in [6.07, 6.45) is 3.48. The van der Waals surface area contributed by atoms with E-state index in [1.807, 2.05) is 30.3 Å². The highest BCUT2D eigenvalue weighted by Gasteiger charge is 2.33. The molecule has 124 valence electrons. The number of hydrogen-bond donors (Lipinski definition) is 2. The van der Waals surface area contributed by atoms with Gasteiger partial charge in [0, 0.05) is 37.9 Å². The average molecular weight is 354 g/mol. The summed E-state index contributed by atoms with van der Waals surface area (Å²) in [5.74, 6) is 0.364. The molecule has 0 spiro atoms. The first-order valence-electron chi connectivity index (χ1n) is 7.27. The summed E-state index contributed by atoms with van der Waals surface area (Å²) in [5.41, 5.74) is 2.30. The third-order valence-corrected chi connectivity index (χ3v) is 3.99. The molecule has 0 bridgehead atoms. The van der Waals surface area contributed by atoms with Crippen molar-refractivity contribution < 1.29 is 4.79 Å². The number of rotatable bonds is 4. The Bertz CT molecular complexity index is 595. The summed E-state index contributed by atoms with van der Waals surface area (Å²) in [7, 11) is 0. The zero-order valence-corrected chi connectivity index (χ0v) is 14.3. The SMILES string of the molecule is Cl.Cl.O=C(NCc1ccncc1)[C@H]1CNC[C@@H]1c1ccccc1. The highest BCUT2D eigenvalue weighted by molar-refractivity contribution is 5.85. The van der Waals surface area contributed by atoms with E-state index in [1.165, 1.54) is 5.56 Å². The summed E-state index contributed by atoms with van der Waals surface area (Å²) < 4.78 is 0. The summed E-state index contributed by atoms with van der Waals surface area (Å²) in [4.78, 5) is 16.4. The number of carbonyl (C=O) groups is 1. The first kappa shape index (κ1) is 19.4. The second-order valence-corrected chi connectivity index (χ2v) is 5.36. The fourth-order valence-corrected chi connectivity index (χ4v) is 2.83. The Hall–Kier alpha value is -1.62. The number of amides is 1. The normalized spacial score (nSPS) is 19.3. The van der Waals surface area contributed by atoms with Crippen molar-refractivity contribution in [3.05, 3.63) is 66.0 Å². The minimum atomic E-state index is -0.00534. The van der Waals surface area contributed by atoms with Crippen molar-refractivity contribution in [2.24, 2.45) is 5.92 Å². The van der Waals surface area contributed by atoms with Crippen molar-refractivity contribution in [2.75, 3.05) is 13.1 Å². The number of carbonyl (C=O) groups excluding carboxylic acids is 1. The van der Waals surface area contributed by atoms with Gasteiger partial charge in [-0.2, -0.15) is 0 Å². The van der Waals surface area contributed by atoms with E-state index in [0.717, 1.165) is 18.7 Å². The molecule has 2 atom stereocenters. The standard InChI is InChI=1S/C17H19N3O.2ClH/c21-17(20-10-13-6-8-18-9-7-13)16-12-19-11-15(16)14-4-2-1-3-5-14;;/h1-9,15-16,19H,10-12H2,(H,20,21);2*1H/t15-,16+;;/m1../s1. The van der Waals surface area contributed by atoms with Crippen LogP contribution in [0.3, 0.4) is 0 Å². The molecule has 0 radical (unpaired) electrons. The molecule has 4 nitrogen and oxygen atoms in total.